The third kappa shape index (κ3) is 25.7. The summed E-state index contributed by atoms with van der Waals surface area (Å²) in [5, 5.41) is 22.0. The van der Waals surface area contributed by atoms with Gasteiger partial charge in [0, 0.05) is 57.3 Å². The van der Waals surface area contributed by atoms with Crippen LogP contribution in [0.1, 0.15) is 127 Å². The average Bonchev–Trinajstić information content (AvgIpc) is 4.14. The van der Waals surface area contributed by atoms with Gasteiger partial charge in [0.2, 0.25) is 0 Å². The molecule has 5 nitrogen and oxygen atoms in total. The molecule has 8 aromatic rings. The summed E-state index contributed by atoms with van der Waals surface area (Å²) in [6, 6.07) is 40.5. The van der Waals surface area contributed by atoms with Crippen LogP contribution in [0.15, 0.2) is 127 Å². The zero-order chi connectivity index (χ0) is 53.4. The first kappa shape index (κ1) is 64.7. The summed E-state index contributed by atoms with van der Waals surface area (Å²) < 4.78 is 23.0. The van der Waals surface area contributed by atoms with E-state index in [1.165, 1.54) is 80.2 Å². The molecule has 72 heavy (non-hydrogen) atoms. The molecule has 0 bridgehead atoms. The van der Waals surface area contributed by atoms with Crippen molar-refractivity contribution in [1.29, 1.82) is 0 Å². The second-order valence-electron chi connectivity index (χ2n) is 15.3. The predicted molar refractivity (Wildman–Crippen MR) is 311 cm³/mol. The molecule has 14 heteroatoms. The van der Waals surface area contributed by atoms with Crippen LogP contribution in [0, 0.1) is 20.8 Å². The number of benzene rings is 4. The molecule has 2 N–H and O–H groups in total. The van der Waals surface area contributed by atoms with Crippen molar-refractivity contribution in [2.45, 2.75) is 108 Å². The number of thiophene rings is 4. The number of rotatable bonds is 12. The fraction of sp³-hybridized carbons (Fsp3) is 0.293. The van der Waals surface area contributed by atoms with Gasteiger partial charge in [-0.15, -0.1) is 45.3 Å². The Balaban J connectivity index is 0.000000459. The van der Waals surface area contributed by atoms with Gasteiger partial charge in [0.1, 0.15) is 0 Å². The number of aliphatic hydroxyl groups excluding tert-OH is 2. The van der Waals surface area contributed by atoms with Crippen molar-refractivity contribution in [2.24, 2.45) is 0 Å². The van der Waals surface area contributed by atoms with Crippen LogP contribution < -0.4 is 0 Å². The first-order valence-electron chi connectivity index (χ1n) is 23.4. The van der Waals surface area contributed by atoms with Gasteiger partial charge in [0.25, 0.3) is 0 Å². The molecule has 0 fully saturated rings. The number of carbonyl (C=O) groups is 1. The first-order chi connectivity index (χ1) is 34.6. The topological polar surface area (TPSA) is 91.7 Å². The fourth-order valence-electron chi connectivity index (χ4n) is 6.74. The van der Waals surface area contributed by atoms with Crippen molar-refractivity contribution in [2.75, 3.05) is 6.61 Å². The molecule has 0 aliphatic heterocycles. The summed E-state index contributed by atoms with van der Waals surface area (Å²) in [6.45, 7) is 15.1. The number of aldehydes is 1. The number of hydrogen-bond acceptors (Lipinski definition) is 9. The molecule has 0 aliphatic carbocycles. The Morgan fingerprint density at radius 2 is 0.889 bits per heavy atom. The minimum atomic E-state index is -1.44. The van der Waals surface area contributed by atoms with Gasteiger partial charge in [-0.3, -0.25) is 4.79 Å². The van der Waals surface area contributed by atoms with Crippen LogP contribution in [-0.4, -0.2) is 23.1 Å². The summed E-state index contributed by atoms with van der Waals surface area (Å²) in [6.07, 6.45) is 6.83. The SMILES string of the molecule is C.CCO.CCc1cc(Cc2cccc(Cl)c2)c(C)s1.CCc1cc(Cc2cccc(Cl)c2)cs1.Cc1sc(C=O)cc1Cc1cccc(Cl)c1.Cc1sc(CO)cc1Cc1cccc(Cl)c1.[2H]CC.[O]=[Mn]=[O]. The van der Waals surface area contributed by atoms with Crippen molar-refractivity contribution in [1.82, 2.24) is 0 Å². The molecule has 389 valence electrons. The molecule has 0 unspecified atom stereocenters. The van der Waals surface area contributed by atoms with Gasteiger partial charge in [0.05, 0.1) is 11.5 Å². The molecule has 0 amide bonds. The van der Waals surface area contributed by atoms with E-state index in [9.17, 15) is 4.79 Å². The van der Waals surface area contributed by atoms with Crippen LogP contribution in [0.3, 0.4) is 0 Å². The van der Waals surface area contributed by atoms with Crippen LogP contribution in [0.25, 0.3) is 0 Å². The Hall–Kier alpha value is -3.45. The molecule has 0 spiro atoms. The van der Waals surface area contributed by atoms with Crippen molar-refractivity contribution in [3.63, 3.8) is 0 Å². The maximum absolute atomic E-state index is 10.7. The fourth-order valence-corrected chi connectivity index (χ4v) is 11.2. The average molecular weight is 1170 g/mol. The van der Waals surface area contributed by atoms with E-state index in [4.69, 9.17) is 65.7 Å². The van der Waals surface area contributed by atoms with Gasteiger partial charge in [-0.05, 0) is 189 Å². The summed E-state index contributed by atoms with van der Waals surface area (Å²) in [5.41, 5.74) is 10.2. The molecule has 4 aromatic heterocycles. The Bertz CT molecular complexity index is 2740. The first-order valence-corrected chi connectivity index (χ1v) is 28.5. The molecule has 4 heterocycles. The van der Waals surface area contributed by atoms with Crippen molar-refractivity contribution in [3.8, 4) is 0 Å². The zero-order valence-corrected chi connectivity index (χ0v) is 48.7. The van der Waals surface area contributed by atoms with Gasteiger partial charge in [-0.2, -0.15) is 0 Å². The quantitative estimate of drug-likeness (QED) is 0.0939. The predicted octanol–water partition coefficient (Wildman–Crippen LogP) is 18.7. The van der Waals surface area contributed by atoms with Gasteiger partial charge in [0.15, 0.2) is 6.29 Å². The molecule has 0 radical (unpaired) electrons. The Morgan fingerprint density at radius 3 is 1.19 bits per heavy atom. The maximum atomic E-state index is 10.7. The van der Waals surface area contributed by atoms with E-state index < -0.39 is 14.8 Å². The van der Waals surface area contributed by atoms with E-state index >= 15 is 0 Å². The molecule has 0 saturated heterocycles. The van der Waals surface area contributed by atoms with Crippen LogP contribution in [-0.2, 0) is 67.6 Å². The molecule has 0 saturated carbocycles. The normalized spacial score (nSPS) is 9.93. The van der Waals surface area contributed by atoms with Crippen LogP contribution in [0.4, 0.5) is 0 Å². The van der Waals surface area contributed by atoms with Crippen molar-refractivity contribution >= 4 is 98.0 Å². The number of aliphatic hydroxyl groups is 2. The van der Waals surface area contributed by atoms with E-state index in [1.54, 1.807) is 25.2 Å². The van der Waals surface area contributed by atoms with E-state index in [1.807, 2.05) is 115 Å². The number of halogens is 4. The number of aryl methyl sites for hydroxylation is 5. The summed E-state index contributed by atoms with van der Waals surface area (Å²) in [4.78, 5) is 19.3. The standard InChI is InChI=1S/C14H15ClS.C13H13ClOS.C13H11ClOS.C13H13ClS.C2H6O.C2H6.CH4.Mn.2O/c1-3-14-9-12(10(2)16-14)7-11-5-4-6-13(15)8-11;2*1-9-11(7-13(8-15)16-9)5-10-3-2-4-12(14)6-10;1-2-13-8-11(9-15-13)6-10-4-3-5-12(14)7-10;1-2-3;1-2;;;;/h4-6,8-9H,3,7H2,1-2H3;2-4,6-7,15H,5,8H2,1H3;2-4,6-8H,5H2,1H3;3-5,7-9H,2,6H2,1H3;3H,2H2,1H3;1-2H3;1H4;;;/i;;;;;1D;;;;. The molecular weight excluding hydrogens is 1100 g/mol. The van der Waals surface area contributed by atoms with Gasteiger partial charge in [-0.1, -0.05) is 130 Å². The van der Waals surface area contributed by atoms with E-state index in [-0.39, 0.29) is 20.6 Å². The molecule has 4 aromatic carbocycles. The van der Waals surface area contributed by atoms with Gasteiger partial charge >= 0.3 is 22.5 Å². The van der Waals surface area contributed by atoms with E-state index in [0.29, 0.717) is 6.90 Å². The van der Waals surface area contributed by atoms with Crippen molar-refractivity contribution < 1.29 is 38.9 Å². The second-order valence-corrected chi connectivity index (χ2v) is 22.2. The summed E-state index contributed by atoms with van der Waals surface area (Å²) in [7, 11) is 0. The molecular formula is C58H68Cl4MnO5S4. The third-order valence-corrected chi connectivity index (χ3v) is 15.4. The Labute approximate surface area is 472 Å². The van der Waals surface area contributed by atoms with E-state index in [2.05, 4.69) is 69.5 Å². The van der Waals surface area contributed by atoms with Gasteiger partial charge in [-0.25, -0.2) is 0 Å². The minimum absolute atomic E-state index is 0. The monoisotopic (exact) mass is 1170 g/mol. The van der Waals surface area contributed by atoms with Crippen LogP contribution in [0.2, 0.25) is 20.1 Å². The Morgan fingerprint density at radius 1 is 0.542 bits per heavy atom. The molecule has 8 rings (SSSR count). The molecule has 0 atom stereocenters. The third-order valence-electron chi connectivity index (χ3n) is 10.0. The molecule has 0 aliphatic rings. The second kappa shape index (κ2) is 38.2. The number of carbonyl (C=O) groups excluding carboxylic acids is 1. The zero-order valence-electron chi connectivity index (χ0n) is 42.2. The van der Waals surface area contributed by atoms with Crippen LogP contribution >= 0.6 is 91.8 Å². The Kier molecular flexibility index (Phi) is 34.3. The summed E-state index contributed by atoms with van der Waals surface area (Å²) >= 11 is 29.3. The van der Waals surface area contributed by atoms with E-state index in [0.717, 1.165) is 74.7 Å². The summed E-state index contributed by atoms with van der Waals surface area (Å²) in [5.74, 6) is 0. The number of hydrogen-bond donors (Lipinski definition) is 2. The van der Waals surface area contributed by atoms with Crippen LogP contribution in [0.5, 0.6) is 0 Å². The van der Waals surface area contributed by atoms with Gasteiger partial charge < -0.3 is 10.2 Å². The van der Waals surface area contributed by atoms with Crippen molar-refractivity contribution in [3.05, 3.63) is 225 Å².